The standard InChI is InChI=1S/C18H19ClN6O/c1-12-8-13(2)25(24-12)17-10-16(22-11-23-17)20-6-7-21-18(26)14-4-3-5-15(19)9-14/h3-5,8-11H,6-7H2,1-2H3,(H,21,26)(H,20,22,23). The van der Waals surface area contributed by atoms with E-state index in [0.717, 1.165) is 11.4 Å². The van der Waals surface area contributed by atoms with Gasteiger partial charge in [0.25, 0.3) is 5.91 Å². The summed E-state index contributed by atoms with van der Waals surface area (Å²) < 4.78 is 1.77. The molecular weight excluding hydrogens is 352 g/mol. The fraction of sp³-hybridized carbons (Fsp3) is 0.222. The highest BCUT2D eigenvalue weighted by Gasteiger charge is 2.07. The average Bonchev–Trinajstić information content (AvgIpc) is 2.97. The second-order valence-electron chi connectivity index (χ2n) is 5.79. The molecule has 2 heterocycles. The van der Waals surface area contributed by atoms with E-state index in [1.54, 1.807) is 28.9 Å². The summed E-state index contributed by atoms with van der Waals surface area (Å²) in [6.45, 7) is 4.89. The molecule has 2 N–H and O–H groups in total. The Morgan fingerprint density at radius 1 is 1.15 bits per heavy atom. The van der Waals surface area contributed by atoms with Crippen LogP contribution in [0.1, 0.15) is 21.7 Å². The second kappa shape index (κ2) is 7.97. The van der Waals surface area contributed by atoms with Crippen molar-refractivity contribution in [3.63, 3.8) is 0 Å². The highest BCUT2D eigenvalue weighted by molar-refractivity contribution is 6.30. The summed E-state index contributed by atoms with van der Waals surface area (Å²) in [5.74, 6) is 1.19. The van der Waals surface area contributed by atoms with Gasteiger partial charge in [0, 0.05) is 35.4 Å². The predicted octanol–water partition coefficient (Wildman–Crippen LogP) is 2.77. The number of anilines is 1. The molecule has 26 heavy (non-hydrogen) atoms. The maximum atomic E-state index is 12.1. The van der Waals surface area contributed by atoms with Gasteiger partial charge < -0.3 is 10.6 Å². The van der Waals surface area contributed by atoms with Gasteiger partial charge in [-0.1, -0.05) is 17.7 Å². The molecular formula is C18H19ClN6O. The van der Waals surface area contributed by atoms with Crippen LogP contribution in [0.5, 0.6) is 0 Å². The van der Waals surface area contributed by atoms with Crippen molar-refractivity contribution in [3.8, 4) is 5.82 Å². The Balaban J connectivity index is 1.55. The molecule has 8 heteroatoms. The van der Waals surface area contributed by atoms with Crippen molar-refractivity contribution >= 4 is 23.3 Å². The Labute approximate surface area is 156 Å². The summed E-state index contributed by atoms with van der Waals surface area (Å²) in [7, 11) is 0. The predicted molar refractivity (Wildman–Crippen MR) is 101 cm³/mol. The van der Waals surface area contributed by atoms with E-state index >= 15 is 0 Å². The van der Waals surface area contributed by atoms with E-state index in [2.05, 4.69) is 25.7 Å². The molecule has 0 radical (unpaired) electrons. The molecule has 0 aliphatic carbocycles. The summed E-state index contributed by atoms with van der Waals surface area (Å²) in [5.41, 5.74) is 2.46. The molecule has 7 nitrogen and oxygen atoms in total. The Morgan fingerprint density at radius 3 is 2.73 bits per heavy atom. The largest absolute Gasteiger partial charge is 0.368 e. The van der Waals surface area contributed by atoms with Crippen molar-refractivity contribution in [2.45, 2.75) is 13.8 Å². The molecule has 0 atom stereocenters. The van der Waals surface area contributed by atoms with Crippen LogP contribution in [0, 0.1) is 13.8 Å². The van der Waals surface area contributed by atoms with Gasteiger partial charge in [-0.15, -0.1) is 0 Å². The number of nitrogens with zero attached hydrogens (tertiary/aromatic N) is 4. The minimum Gasteiger partial charge on any atom is -0.368 e. The molecule has 1 aromatic carbocycles. The van der Waals surface area contributed by atoms with Gasteiger partial charge in [-0.2, -0.15) is 5.10 Å². The fourth-order valence-corrected chi connectivity index (χ4v) is 2.71. The van der Waals surface area contributed by atoms with Gasteiger partial charge in [0.05, 0.1) is 5.69 Å². The summed E-state index contributed by atoms with van der Waals surface area (Å²) in [6, 6.07) is 10.6. The Morgan fingerprint density at radius 2 is 2.00 bits per heavy atom. The number of nitrogens with one attached hydrogen (secondary N) is 2. The molecule has 0 saturated heterocycles. The molecule has 0 fully saturated rings. The van der Waals surface area contributed by atoms with Gasteiger partial charge >= 0.3 is 0 Å². The molecule has 134 valence electrons. The number of aryl methyl sites for hydroxylation is 2. The number of amides is 1. The minimum atomic E-state index is -0.166. The molecule has 3 aromatic rings. The number of benzene rings is 1. The number of hydrogen-bond acceptors (Lipinski definition) is 5. The first-order valence-corrected chi connectivity index (χ1v) is 8.54. The molecule has 0 aliphatic rings. The van der Waals surface area contributed by atoms with E-state index in [1.165, 1.54) is 6.33 Å². The molecule has 0 bridgehead atoms. The van der Waals surface area contributed by atoms with Crippen LogP contribution in [0.2, 0.25) is 5.02 Å². The zero-order valence-electron chi connectivity index (χ0n) is 14.5. The number of aromatic nitrogens is 4. The van der Waals surface area contributed by atoms with Gasteiger partial charge in [0.15, 0.2) is 5.82 Å². The first-order chi connectivity index (χ1) is 12.5. The first-order valence-electron chi connectivity index (χ1n) is 8.16. The number of halogens is 1. The molecule has 0 spiro atoms. The van der Waals surface area contributed by atoms with E-state index in [1.807, 2.05) is 26.0 Å². The van der Waals surface area contributed by atoms with Gasteiger partial charge in [-0.3, -0.25) is 4.79 Å². The van der Waals surface area contributed by atoms with Crippen LogP contribution in [-0.2, 0) is 0 Å². The third-order valence-corrected chi connectivity index (χ3v) is 3.92. The SMILES string of the molecule is Cc1cc(C)n(-c2cc(NCCNC(=O)c3cccc(Cl)c3)ncn2)n1. The van der Waals surface area contributed by atoms with Gasteiger partial charge in [-0.05, 0) is 38.1 Å². The highest BCUT2D eigenvalue weighted by Crippen LogP contribution is 2.12. The van der Waals surface area contributed by atoms with E-state index in [-0.39, 0.29) is 5.91 Å². The summed E-state index contributed by atoms with van der Waals surface area (Å²) in [6.07, 6.45) is 1.48. The van der Waals surface area contributed by atoms with E-state index in [9.17, 15) is 4.79 Å². The third kappa shape index (κ3) is 4.37. The van der Waals surface area contributed by atoms with Crippen LogP contribution < -0.4 is 10.6 Å². The topological polar surface area (TPSA) is 84.7 Å². The minimum absolute atomic E-state index is 0.166. The fourth-order valence-electron chi connectivity index (χ4n) is 2.52. The second-order valence-corrected chi connectivity index (χ2v) is 6.23. The first kappa shape index (κ1) is 17.9. The maximum absolute atomic E-state index is 12.1. The quantitative estimate of drug-likeness (QED) is 0.652. The van der Waals surface area contributed by atoms with Crippen LogP contribution in [-0.4, -0.2) is 38.7 Å². The van der Waals surface area contributed by atoms with E-state index in [0.29, 0.717) is 35.3 Å². The van der Waals surface area contributed by atoms with Crippen LogP contribution in [0.15, 0.2) is 42.7 Å². The normalized spacial score (nSPS) is 10.6. The lowest BCUT2D eigenvalue weighted by molar-refractivity contribution is 0.0955. The Bertz CT molecular complexity index is 924. The average molecular weight is 371 g/mol. The molecule has 0 unspecified atom stereocenters. The summed E-state index contributed by atoms with van der Waals surface area (Å²) >= 11 is 5.89. The van der Waals surface area contributed by atoms with Crippen molar-refractivity contribution in [1.82, 2.24) is 25.1 Å². The number of carbonyl (C=O) groups excluding carboxylic acids is 1. The van der Waals surface area contributed by atoms with Crippen molar-refractivity contribution in [1.29, 1.82) is 0 Å². The number of rotatable bonds is 6. The Kier molecular flexibility index (Phi) is 5.48. The zero-order chi connectivity index (χ0) is 18.5. The van der Waals surface area contributed by atoms with Crippen molar-refractivity contribution in [2.24, 2.45) is 0 Å². The lowest BCUT2D eigenvalue weighted by atomic mass is 10.2. The van der Waals surface area contributed by atoms with Crippen LogP contribution >= 0.6 is 11.6 Å². The van der Waals surface area contributed by atoms with Crippen LogP contribution in [0.25, 0.3) is 5.82 Å². The van der Waals surface area contributed by atoms with Gasteiger partial charge in [0.1, 0.15) is 12.1 Å². The smallest absolute Gasteiger partial charge is 0.251 e. The molecule has 0 saturated carbocycles. The van der Waals surface area contributed by atoms with Crippen molar-refractivity contribution in [2.75, 3.05) is 18.4 Å². The third-order valence-electron chi connectivity index (χ3n) is 3.68. The maximum Gasteiger partial charge on any atom is 0.251 e. The number of carbonyl (C=O) groups is 1. The molecule has 0 aliphatic heterocycles. The lowest BCUT2D eigenvalue weighted by Gasteiger charge is -2.09. The lowest BCUT2D eigenvalue weighted by Crippen LogP contribution is -2.28. The van der Waals surface area contributed by atoms with Crippen LogP contribution in [0.3, 0.4) is 0 Å². The Hall–Kier alpha value is -2.93. The molecule has 2 aromatic heterocycles. The highest BCUT2D eigenvalue weighted by atomic mass is 35.5. The zero-order valence-corrected chi connectivity index (χ0v) is 15.3. The molecule has 3 rings (SSSR count). The summed E-state index contributed by atoms with van der Waals surface area (Å²) in [4.78, 5) is 20.5. The van der Waals surface area contributed by atoms with Crippen molar-refractivity contribution < 1.29 is 4.79 Å². The monoisotopic (exact) mass is 370 g/mol. The van der Waals surface area contributed by atoms with E-state index in [4.69, 9.17) is 11.6 Å². The van der Waals surface area contributed by atoms with E-state index < -0.39 is 0 Å². The molecule has 1 amide bonds. The van der Waals surface area contributed by atoms with Gasteiger partial charge in [-0.25, -0.2) is 14.6 Å². The van der Waals surface area contributed by atoms with Gasteiger partial charge in [0.2, 0.25) is 0 Å². The summed E-state index contributed by atoms with van der Waals surface area (Å²) in [5, 5.41) is 10.9. The van der Waals surface area contributed by atoms with Crippen molar-refractivity contribution in [3.05, 3.63) is 64.7 Å². The van der Waals surface area contributed by atoms with Crippen LogP contribution in [0.4, 0.5) is 5.82 Å². The number of hydrogen-bond donors (Lipinski definition) is 2.